The van der Waals surface area contributed by atoms with Gasteiger partial charge in [-0.3, -0.25) is 4.79 Å². The SMILES string of the molecule is COc1ccc(NC(C)=O)cc1S(=O)(=O)N1CCCC1c1nc2ccccc2[nH]1. The highest BCUT2D eigenvalue weighted by Crippen LogP contribution is 2.39. The lowest BCUT2D eigenvalue weighted by Crippen LogP contribution is -2.31. The van der Waals surface area contributed by atoms with Gasteiger partial charge >= 0.3 is 0 Å². The maximum atomic E-state index is 13.5. The van der Waals surface area contributed by atoms with E-state index in [1.54, 1.807) is 12.1 Å². The highest BCUT2D eigenvalue weighted by atomic mass is 32.2. The lowest BCUT2D eigenvalue weighted by atomic mass is 10.2. The molecule has 0 radical (unpaired) electrons. The molecule has 1 unspecified atom stereocenters. The number of nitrogens with zero attached hydrogens (tertiary/aromatic N) is 2. The molecule has 1 saturated heterocycles. The number of ether oxygens (including phenoxy) is 1. The van der Waals surface area contributed by atoms with Crippen LogP contribution in [0.5, 0.6) is 5.75 Å². The van der Waals surface area contributed by atoms with E-state index >= 15 is 0 Å². The summed E-state index contributed by atoms with van der Waals surface area (Å²) in [4.78, 5) is 19.3. The second-order valence-corrected chi connectivity index (χ2v) is 8.82. The predicted octanol–water partition coefficient (Wildman–Crippen LogP) is 3.06. The van der Waals surface area contributed by atoms with Crippen LogP contribution in [0.4, 0.5) is 5.69 Å². The number of benzene rings is 2. The van der Waals surface area contributed by atoms with Gasteiger partial charge in [0, 0.05) is 19.2 Å². The highest BCUT2D eigenvalue weighted by Gasteiger charge is 2.39. The first kappa shape index (κ1) is 19.4. The molecule has 0 aliphatic carbocycles. The molecule has 2 N–H and O–H groups in total. The Morgan fingerprint density at radius 1 is 1.28 bits per heavy atom. The fourth-order valence-electron chi connectivity index (χ4n) is 3.72. The Labute approximate surface area is 168 Å². The van der Waals surface area contributed by atoms with Crippen LogP contribution in [-0.2, 0) is 14.8 Å². The lowest BCUT2D eigenvalue weighted by Gasteiger charge is -2.24. The number of rotatable bonds is 5. The molecule has 1 amide bonds. The van der Waals surface area contributed by atoms with Gasteiger partial charge in [0.2, 0.25) is 15.9 Å². The van der Waals surface area contributed by atoms with Crippen LogP contribution in [0, 0.1) is 0 Å². The summed E-state index contributed by atoms with van der Waals surface area (Å²) in [5.74, 6) is 0.582. The number of fused-ring (bicyclic) bond motifs is 1. The Balaban J connectivity index is 1.75. The molecule has 2 aromatic carbocycles. The number of carbonyl (C=O) groups excluding carboxylic acids is 1. The third-order valence-corrected chi connectivity index (χ3v) is 6.93. The van der Waals surface area contributed by atoms with Crippen LogP contribution < -0.4 is 10.1 Å². The molecule has 0 bridgehead atoms. The third kappa shape index (κ3) is 3.58. The van der Waals surface area contributed by atoms with E-state index in [0.717, 1.165) is 17.5 Å². The molecule has 152 valence electrons. The molecule has 1 atom stereocenters. The summed E-state index contributed by atoms with van der Waals surface area (Å²) in [7, 11) is -2.45. The molecular weight excluding hydrogens is 392 g/mol. The maximum Gasteiger partial charge on any atom is 0.247 e. The zero-order chi connectivity index (χ0) is 20.6. The molecule has 9 heteroatoms. The average molecular weight is 414 g/mol. The van der Waals surface area contributed by atoms with Crippen LogP contribution in [0.25, 0.3) is 11.0 Å². The van der Waals surface area contributed by atoms with E-state index in [1.807, 2.05) is 24.3 Å². The van der Waals surface area contributed by atoms with Crippen molar-refractivity contribution in [2.75, 3.05) is 19.0 Å². The van der Waals surface area contributed by atoms with Gasteiger partial charge in [-0.1, -0.05) is 12.1 Å². The monoisotopic (exact) mass is 414 g/mol. The van der Waals surface area contributed by atoms with E-state index in [4.69, 9.17) is 4.74 Å². The molecule has 29 heavy (non-hydrogen) atoms. The van der Waals surface area contributed by atoms with Crippen LogP contribution in [0.3, 0.4) is 0 Å². The van der Waals surface area contributed by atoms with Gasteiger partial charge in [-0.2, -0.15) is 4.31 Å². The van der Waals surface area contributed by atoms with Gasteiger partial charge in [0.1, 0.15) is 16.5 Å². The van der Waals surface area contributed by atoms with E-state index < -0.39 is 10.0 Å². The first-order valence-electron chi connectivity index (χ1n) is 9.32. The number of methoxy groups -OCH3 is 1. The second kappa shape index (κ2) is 7.49. The van der Waals surface area contributed by atoms with Crippen molar-refractivity contribution >= 4 is 32.7 Å². The fourth-order valence-corrected chi connectivity index (χ4v) is 5.56. The molecule has 1 fully saturated rings. The van der Waals surface area contributed by atoms with Gasteiger partial charge in [0.15, 0.2) is 0 Å². The summed E-state index contributed by atoms with van der Waals surface area (Å²) >= 11 is 0. The zero-order valence-corrected chi connectivity index (χ0v) is 17.0. The molecule has 1 aliphatic heterocycles. The van der Waals surface area contributed by atoms with E-state index in [2.05, 4.69) is 15.3 Å². The number of H-pyrrole nitrogens is 1. The minimum atomic E-state index is -3.88. The number of para-hydroxylation sites is 2. The molecule has 4 rings (SSSR count). The van der Waals surface area contributed by atoms with Crippen LogP contribution >= 0.6 is 0 Å². The first-order chi connectivity index (χ1) is 13.9. The van der Waals surface area contributed by atoms with Crippen molar-refractivity contribution in [2.45, 2.75) is 30.7 Å². The van der Waals surface area contributed by atoms with Gasteiger partial charge in [-0.15, -0.1) is 0 Å². The number of amides is 1. The molecule has 0 spiro atoms. The minimum absolute atomic E-state index is 0.0225. The van der Waals surface area contributed by atoms with Gasteiger partial charge in [-0.05, 0) is 43.2 Å². The number of nitrogens with one attached hydrogen (secondary N) is 2. The maximum absolute atomic E-state index is 13.5. The van der Waals surface area contributed by atoms with Crippen molar-refractivity contribution in [3.8, 4) is 5.75 Å². The van der Waals surface area contributed by atoms with Crippen LogP contribution in [0.15, 0.2) is 47.4 Å². The van der Waals surface area contributed by atoms with Crippen molar-refractivity contribution in [1.82, 2.24) is 14.3 Å². The molecular formula is C20H22N4O4S. The van der Waals surface area contributed by atoms with Crippen LogP contribution in [0.2, 0.25) is 0 Å². The Hall–Kier alpha value is -2.91. The number of sulfonamides is 1. The van der Waals surface area contributed by atoms with Crippen molar-refractivity contribution in [2.24, 2.45) is 0 Å². The number of hydrogen-bond donors (Lipinski definition) is 2. The first-order valence-corrected chi connectivity index (χ1v) is 10.8. The van der Waals surface area contributed by atoms with Crippen LogP contribution in [0.1, 0.15) is 31.6 Å². The summed E-state index contributed by atoms with van der Waals surface area (Å²) in [6.07, 6.45) is 1.40. The van der Waals surface area contributed by atoms with E-state index in [0.29, 0.717) is 24.5 Å². The Bertz CT molecular complexity index is 1140. The molecule has 1 aliphatic rings. The number of hydrogen-bond acceptors (Lipinski definition) is 5. The fraction of sp³-hybridized carbons (Fsp3) is 0.300. The number of imidazole rings is 1. The summed E-state index contributed by atoms with van der Waals surface area (Å²) < 4.78 is 33.8. The van der Waals surface area contributed by atoms with E-state index in [1.165, 1.54) is 24.4 Å². The lowest BCUT2D eigenvalue weighted by molar-refractivity contribution is -0.114. The quantitative estimate of drug-likeness (QED) is 0.668. The summed E-state index contributed by atoms with van der Waals surface area (Å²) in [6.45, 7) is 1.76. The molecule has 0 saturated carbocycles. The Morgan fingerprint density at radius 3 is 2.79 bits per heavy atom. The molecule has 1 aromatic heterocycles. The van der Waals surface area contributed by atoms with Crippen molar-refractivity contribution in [3.63, 3.8) is 0 Å². The van der Waals surface area contributed by atoms with Gasteiger partial charge in [-0.25, -0.2) is 13.4 Å². The predicted molar refractivity (Wildman–Crippen MR) is 109 cm³/mol. The summed E-state index contributed by atoms with van der Waals surface area (Å²) in [5, 5.41) is 2.62. The van der Waals surface area contributed by atoms with Gasteiger partial charge < -0.3 is 15.0 Å². The highest BCUT2D eigenvalue weighted by molar-refractivity contribution is 7.89. The Morgan fingerprint density at radius 2 is 2.07 bits per heavy atom. The summed E-state index contributed by atoms with van der Waals surface area (Å²) in [6, 6.07) is 11.8. The number of anilines is 1. The van der Waals surface area contributed by atoms with Crippen LogP contribution in [-0.4, -0.2) is 42.3 Å². The molecule has 2 heterocycles. The van der Waals surface area contributed by atoms with Gasteiger partial charge in [0.05, 0.1) is 24.2 Å². The summed E-state index contributed by atoms with van der Waals surface area (Å²) in [5.41, 5.74) is 2.07. The van der Waals surface area contributed by atoms with Crippen molar-refractivity contribution in [1.29, 1.82) is 0 Å². The van der Waals surface area contributed by atoms with Crippen molar-refractivity contribution in [3.05, 3.63) is 48.3 Å². The van der Waals surface area contributed by atoms with E-state index in [-0.39, 0.29) is 22.6 Å². The standard InChI is InChI=1S/C20H22N4O4S/c1-13(25)21-14-9-10-18(28-2)19(12-14)29(26,27)24-11-5-8-17(24)20-22-15-6-3-4-7-16(15)23-20/h3-4,6-7,9-10,12,17H,5,8,11H2,1-2H3,(H,21,25)(H,22,23). The number of carbonyl (C=O) groups is 1. The molecule has 3 aromatic rings. The number of aromatic amines is 1. The molecule has 8 nitrogen and oxygen atoms in total. The third-order valence-electron chi connectivity index (χ3n) is 5.00. The van der Waals surface area contributed by atoms with E-state index in [9.17, 15) is 13.2 Å². The second-order valence-electron chi connectivity index (χ2n) is 6.96. The number of aromatic nitrogens is 2. The topological polar surface area (TPSA) is 104 Å². The minimum Gasteiger partial charge on any atom is -0.495 e. The largest absolute Gasteiger partial charge is 0.495 e. The average Bonchev–Trinajstić information content (AvgIpc) is 3.34. The Kier molecular flexibility index (Phi) is 5.01. The zero-order valence-electron chi connectivity index (χ0n) is 16.2. The normalized spacial score (nSPS) is 17.5. The van der Waals surface area contributed by atoms with Crippen molar-refractivity contribution < 1.29 is 17.9 Å². The smallest absolute Gasteiger partial charge is 0.247 e. The van der Waals surface area contributed by atoms with Gasteiger partial charge in [0.25, 0.3) is 0 Å².